The average Bonchev–Trinajstić information content (AvgIpc) is 2.06. The van der Waals surface area contributed by atoms with E-state index in [1.54, 1.807) is 0 Å². The Morgan fingerprint density at radius 1 is 1.42 bits per heavy atom. The monoisotopic (exact) mass is 168 g/mol. The molecule has 0 aliphatic rings. The molecule has 0 fully saturated rings. The normalized spacial score (nSPS) is 13.9. The zero-order valence-corrected chi connectivity index (χ0v) is 8.65. The lowest BCUT2D eigenvalue weighted by Crippen LogP contribution is -2.35. The molecule has 0 aromatic heterocycles. The standard InChI is InChI=1S/C10H20N2/c1-5-9(7-11)12-8-10(3,4)6-2/h9,12H,5-6,8H2,1-4H3. The summed E-state index contributed by atoms with van der Waals surface area (Å²) in [5, 5.41) is 11.9. The van der Waals surface area contributed by atoms with Crippen LogP contribution in [0, 0.1) is 16.7 Å². The average molecular weight is 168 g/mol. The van der Waals surface area contributed by atoms with Crippen molar-refractivity contribution in [2.24, 2.45) is 5.41 Å². The lowest BCUT2D eigenvalue weighted by Gasteiger charge is -2.24. The first-order valence-electron chi connectivity index (χ1n) is 4.68. The van der Waals surface area contributed by atoms with Gasteiger partial charge in [0, 0.05) is 6.54 Å². The van der Waals surface area contributed by atoms with Crippen molar-refractivity contribution >= 4 is 0 Å². The number of nitrogens with one attached hydrogen (secondary N) is 1. The highest BCUT2D eigenvalue weighted by Crippen LogP contribution is 2.17. The maximum absolute atomic E-state index is 8.68. The van der Waals surface area contributed by atoms with Crippen molar-refractivity contribution < 1.29 is 0 Å². The third-order valence-corrected chi connectivity index (χ3v) is 2.35. The minimum absolute atomic E-state index is 0.0239. The van der Waals surface area contributed by atoms with E-state index in [2.05, 4.69) is 32.2 Å². The van der Waals surface area contributed by atoms with E-state index in [4.69, 9.17) is 5.26 Å². The molecule has 1 N–H and O–H groups in total. The summed E-state index contributed by atoms with van der Waals surface area (Å²) in [6.45, 7) is 9.55. The van der Waals surface area contributed by atoms with Crippen LogP contribution in [0.25, 0.3) is 0 Å². The molecule has 0 radical (unpaired) electrons. The first-order valence-corrected chi connectivity index (χ1v) is 4.68. The predicted molar refractivity (Wildman–Crippen MR) is 51.8 cm³/mol. The second kappa shape index (κ2) is 5.16. The van der Waals surface area contributed by atoms with Gasteiger partial charge in [-0.2, -0.15) is 5.26 Å². The lowest BCUT2D eigenvalue weighted by molar-refractivity contribution is 0.318. The number of rotatable bonds is 5. The zero-order chi connectivity index (χ0) is 9.61. The maximum Gasteiger partial charge on any atom is 0.0950 e. The second-order valence-corrected chi connectivity index (χ2v) is 3.99. The van der Waals surface area contributed by atoms with Gasteiger partial charge < -0.3 is 5.32 Å². The van der Waals surface area contributed by atoms with Gasteiger partial charge >= 0.3 is 0 Å². The van der Waals surface area contributed by atoms with Gasteiger partial charge in [-0.15, -0.1) is 0 Å². The van der Waals surface area contributed by atoms with E-state index in [1.165, 1.54) is 0 Å². The molecule has 0 saturated carbocycles. The van der Waals surface area contributed by atoms with E-state index >= 15 is 0 Å². The minimum Gasteiger partial charge on any atom is -0.301 e. The van der Waals surface area contributed by atoms with Crippen LogP contribution in [0.5, 0.6) is 0 Å². The summed E-state index contributed by atoms with van der Waals surface area (Å²) >= 11 is 0. The summed E-state index contributed by atoms with van der Waals surface area (Å²) < 4.78 is 0. The van der Waals surface area contributed by atoms with Crippen molar-refractivity contribution in [2.75, 3.05) is 6.54 Å². The molecule has 0 rings (SSSR count). The van der Waals surface area contributed by atoms with Crippen LogP contribution >= 0.6 is 0 Å². The topological polar surface area (TPSA) is 35.8 Å². The van der Waals surface area contributed by atoms with Crippen LogP contribution in [-0.2, 0) is 0 Å². The molecule has 1 atom stereocenters. The summed E-state index contributed by atoms with van der Waals surface area (Å²) in [5.74, 6) is 0. The van der Waals surface area contributed by atoms with Crippen molar-refractivity contribution in [3.8, 4) is 6.07 Å². The van der Waals surface area contributed by atoms with Gasteiger partial charge in [0.25, 0.3) is 0 Å². The van der Waals surface area contributed by atoms with Crippen LogP contribution in [0.3, 0.4) is 0 Å². The fourth-order valence-electron chi connectivity index (χ4n) is 0.806. The van der Waals surface area contributed by atoms with E-state index in [0.29, 0.717) is 5.41 Å². The first kappa shape index (κ1) is 11.4. The van der Waals surface area contributed by atoms with Crippen LogP contribution in [0.1, 0.15) is 40.5 Å². The Labute approximate surface area is 76.0 Å². The Kier molecular flexibility index (Phi) is 4.92. The largest absolute Gasteiger partial charge is 0.301 e. The Morgan fingerprint density at radius 2 is 2.00 bits per heavy atom. The van der Waals surface area contributed by atoms with Crippen molar-refractivity contribution in [2.45, 2.75) is 46.6 Å². The Hall–Kier alpha value is -0.550. The fraction of sp³-hybridized carbons (Fsp3) is 0.900. The van der Waals surface area contributed by atoms with Crippen LogP contribution in [0.15, 0.2) is 0 Å². The third kappa shape index (κ3) is 4.35. The number of hydrogen-bond donors (Lipinski definition) is 1. The maximum atomic E-state index is 8.68. The Balaban J connectivity index is 3.75. The Morgan fingerprint density at radius 3 is 2.33 bits per heavy atom. The Bertz CT molecular complexity index is 156. The zero-order valence-electron chi connectivity index (χ0n) is 8.65. The van der Waals surface area contributed by atoms with Crippen LogP contribution < -0.4 is 5.32 Å². The number of nitrogens with zero attached hydrogens (tertiary/aromatic N) is 1. The number of hydrogen-bond acceptors (Lipinski definition) is 2. The van der Waals surface area contributed by atoms with Gasteiger partial charge in [0.2, 0.25) is 0 Å². The smallest absolute Gasteiger partial charge is 0.0950 e. The van der Waals surface area contributed by atoms with E-state index in [0.717, 1.165) is 19.4 Å². The van der Waals surface area contributed by atoms with Gasteiger partial charge in [-0.3, -0.25) is 0 Å². The van der Waals surface area contributed by atoms with E-state index in [9.17, 15) is 0 Å². The first-order chi connectivity index (χ1) is 5.55. The highest BCUT2D eigenvalue weighted by atomic mass is 14.9. The molecule has 0 saturated heterocycles. The highest BCUT2D eigenvalue weighted by Gasteiger charge is 2.16. The predicted octanol–water partition coefficient (Wildman–Crippen LogP) is 2.31. The van der Waals surface area contributed by atoms with Crippen molar-refractivity contribution in [1.29, 1.82) is 5.26 Å². The van der Waals surface area contributed by atoms with E-state index in [1.807, 2.05) is 6.92 Å². The second-order valence-electron chi connectivity index (χ2n) is 3.99. The third-order valence-electron chi connectivity index (χ3n) is 2.35. The van der Waals surface area contributed by atoms with E-state index < -0.39 is 0 Å². The van der Waals surface area contributed by atoms with Gasteiger partial charge in [0.15, 0.2) is 0 Å². The molecule has 0 amide bonds. The van der Waals surface area contributed by atoms with Gasteiger partial charge in [-0.25, -0.2) is 0 Å². The van der Waals surface area contributed by atoms with Crippen molar-refractivity contribution in [1.82, 2.24) is 5.32 Å². The summed E-state index contributed by atoms with van der Waals surface area (Å²) in [4.78, 5) is 0. The molecule has 2 heteroatoms. The molecule has 0 aromatic rings. The SMILES string of the molecule is CCC(C#N)NCC(C)(C)CC. The molecule has 0 spiro atoms. The molecule has 12 heavy (non-hydrogen) atoms. The molecule has 0 heterocycles. The van der Waals surface area contributed by atoms with Crippen LogP contribution in [0.4, 0.5) is 0 Å². The van der Waals surface area contributed by atoms with Crippen LogP contribution in [-0.4, -0.2) is 12.6 Å². The fourth-order valence-corrected chi connectivity index (χ4v) is 0.806. The van der Waals surface area contributed by atoms with Gasteiger partial charge in [0.1, 0.15) is 0 Å². The molecule has 1 unspecified atom stereocenters. The van der Waals surface area contributed by atoms with Gasteiger partial charge in [-0.05, 0) is 18.3 Å². The summed E-state index contributed by atoms with van der Waals surface area (Å²) in [6.07, 6.45) is 2.03. The van der Waals surface area contributed by atoms with Crippen LogP contribution in [0.2, 0.25) is 0 Å². The molecular weight excluding hydrogens is 148 g/mol. The quantitative estimate of drug-likeness (QED) is 0.683. The molecule has 0 bridgehead atoms. The molecule has 0 aliphatic heterocycles. The van der Waals surface area contributed by atoms with Crippen molar-refractivity contribution in [3.63, 3.8) is 0 Å². The lowest BCUT2D eigenvalue weighted by atomic mass is 9.90. The summed E-state index contributed by atoms with van der Waals surface area (Å²) in [7, 11) is 0. The number of nitriles is 1. The van der Waals surface area contributed by atoms with Gasteiger partial charge in [-0.1, -0.05) is 27.7 Å². The molecule has 0 aromatic carbocycles. The summed E-state index contributed by atoms with van der Waals surface area (Å²) in [5.41, 5.74) is 0.310. The van der Waals surface area contributed by atoms with Crippen molar-refractivity contribution in [3.05, 3.63) is 0 Å². The molecular formula is C10H20N2. The summed E-state index contributed by atoms with van der Waals surface area (Å²) in [6, 6.07) is 2.26. The molecule has 2 nitrogen and oxygen atoms in total. The highest BCUT2D eigenvalue weighted by molar-refractivity contribution is 4.89. The van der Waals surface area contributed by atoms with Gasteiger partial charge in [0.05, 0.1) is 12.1 Å². The molecule has 0 aliphatic carbocycles. The van der Waals surface area contributed by atoms with E-state index in [-0.39, 0.29) is 6.04 Å². The molecule has 70 valence electrons. The minimum atomic E-state index is 0.0239.